The van der Waals surface area contributed by atoms with Gasteiger partial charge in [0.1, 0.15) is 11.5 Å². The van der Waals surface area contributed by atoms with Gasteiger partial charge in [-0.05, 0) is 56.4 Å². The van der Waals surface area contributed by atoms with Crippen LogP contribution in [0.25, 0.3) is 0 Å². The molecule has 2 saturated heterocycles. The van der Waals surface area contributed by atoms with Gasteiger partial charge in [-0.15, -0.1) is 0 Å². The Morgan fingerprint density at radius 3 is 2.31 bits per heavy atom. The molecule has 0 radical (unpaired) electrons. The Labute approximate surface area is 203 Å². The van der Waals surface area contributed by atoms with Crippen LogP contribution in [-0.2, 0) is 25.6 Å². The van der Waals surface area contributed by atoms with Crippen LogP contribution >= 0.6 is 0 Å². The fourth-order valence-corrected chi connectivity index (χ4v) is 7.17. The second-order valence-corrected chi connectivity index (χ2v) is 10.1. The maximum absolute atomic E-state index is 13.5. The summed E-state index contributed by atoms with van der Waals surface area (Å²) < 4.78 is 5.91. The number of aromatic hydroxyl groups is 1. The van der Waals surface area contributed by atoms with Crippen molar-refractivity contribution in [2.45, 2.75) is 33.1 Å². The van der Waals surface area contributed by atoms with Crippen molar-refractivity contribution in [3.8, 4) is 11.5 Å². The third-order valence-electron chi connectivity index (χ3n) is 8.64. The monoisotopic (exact) mass is 476 g/mol. The molecular formula is C27H28N2O6. The summed E-state index contributed by atoms with van der Waals surface area (Å²) in [5.74, 6) is -2.53. The largest absolute Gasteiger partial charge is 0.508 e. The summed E-state index contributed by atoms with van der Waals surface area (Å²) in [5.41, 5.74) is 2.64. The molecule has 0 unspecified atom stereocenters. The molecule has 0 spiro atoms. The van der Waals surface area contributed by atoms with Crippen LogP contribution in [0.4, 0.5) is 0 Å². The Morgan fingerprint density at radius 1 is 0.914 bits per heavy atom. The second-order valence-electron chi connectivity index (χ2n) is 10.1. The van der Waals surface area contributed by atoms with E-state index >= 15 is 0 Å². The van der Waals surface area contributed by atoms with E-state index in [4.69, 9.17) is 4.74 Å². The first kappa shape index (κ1) is 22.1. The van der Waals surface area contributed by atoms with Gasteiger partial charge in [0.25, 0.3) is 0 Å². The highest BCUT2D eigenvalue weighted by Gasteiger charge is 2.61. The van der Waals surface area contributed by atoms with Gasteiger partial charge in [-0.1, -0.05) is 11.6 Å². The molecule has 1 saturated carbocycles. The summed E-state index contributed by atoms with van der Waals surface area (Å²) in [6.07, 6.45) is 5.04. The summed E-state index contributed by atoms with van der Waals surface area (Å²) in [6.45, 7) is 4.24. The molecule has 35 heavy (non-hydrogen) atoms. The number of ether oxygens (including phenoxy) is 1. The molecule has 3 aliphatic heterocycles. The molecule has 3 fully saturated rings. The minimum Gasteiger partial charge on any atom is -0.508 e. The van der Waals surface area contributed by atoms with Crippen molar-refractivity contribution < 1.29 is 29.0 Å². The first-order chi connectivity index (χ1) is 16.8. The normalized spacial score (nSPS) is 33.5. The van der Waals surface area contributed by atoms with E-state index in [1.807, 2.05) is 6.08 Å². The molecule has 1 aromatic carbocycles. The van der Waals surface area contributed by atoms with Crippen molar-refractivity contribution in [2.75, 3.05) is 13.1 Å². The molecule has 6 rings (SSSR count). The molecule has 0 bridgehead atoms. The molecule has 182 valence electrons. The molecule has 4 amide bonds. The number of likely N-dealkylation sites (tertiary alicyclic amines) is 2. The number of hydrogen-bond acceptors (Lipinski definition) is 6. The van der Waals surface area contributed by atoms with Crippen LogP contribution in [0.3, 0.4) is 0 Å². The minimum absolute atomic E-state index is 0.131. The third-order valence-corrected chi connectivity index (χ3v) is 8.64. The number of benzene rings is 1. The van der Waals surface area contributed by atoms with Crippen LogP contribution in [0.15, 0.2) is 41.7 Å². The van der Waals surface area contributed by atoms with E-state index in [0.29, 0.717) is 38.1 Å². The fourth-order valence-electron chi connectivity index (χ4n) is 7.17. The number of carbonyl (C=O) groups excluding carboxylic acids is 4. The van der Waals surface area contributed by atoms with E-state index in [9.17, 15) is 24.3 Å². The van der Waals surface area contributed by atoms with Gasteiger partial charge in [0, 0.05) is 31.0 Å². The fraction of sp³-hybridized carbons (Fsp3) is 0.481. The van der Waals surface area contributed by atoms with Crippen molar-refractivity contribution in [2.24, 2.45) is 35.5 Å². The average Bonchev–Trinajstić information content (AvgIpc) is 3.25. The van der Waals surface area contributed by atoms with Crippen molar-refractivity contribution in [3.63, 3.8) is 0 Å². The number of allylic oxidation sites excluding steroid dienone is 3. The summed E-state index contributed by atoms with van der Waals surface area (Å²) >= 11 is 0. The molecule has 6 atom stereocenters. The van der Waals surface area contributed by atoms with Crippen LogP contribution in [-0.4, -0.2) is 51.6 Å². The lowest BCUT2D eigenvalue weighted by molar-refractivity contribution is -0.141. The van der Waals surface area contributed by atoms with Crippen LogP contribution in [0.2, 0.25) is 0 Å². The summed E-state index contributed by atoms with van der Waals surface area (Å²) in [4.78, 5) is 55.8. The minimum atomic E-state index is -0.551. The third kappa shape index (κ3) is 2.98. The van der Waals surface area contributed by atoms with Gasteiger partial charge in [-0.3, -0.25) is 29.0 Å². The number of rotatable bonds is 3. The standard InChI is InChI=1S/C27H28N2O6/c1-3-28-24(31)17-7-6-16-18(22(17)26(28)33)11-19-23(27(34)29(4-2)25(19)32)21(16)14-9-13-10-15(30)5-8-20(13)35-12-14/h5-6,8,10,12,17-19,21-23,30H,3-4,7,9,11H2,1-2H3/t17-,18+,19+,21-,22-,23+/m0/s1. The number of hydrogen-bond donors (Lipinski definition) is 1. The van der Waals surface area contributed by atoms with Gasteiger partial charge in [0.2, 0.25) is 23.6 Å². The summed E-state index contributed by atoms with van der Waals surface area (Å²) in [6, 6.07) is 4.93. The zero-order valence-electron chi connectivity index (χ0n) is 19.8. The van der Waals surface area contributed by atoms with Crippen molar-refractivity contribution in [1.29, 1.82) is 0 Å². The maximum atomic E-state index is 13.5. The predicted molar refractivity (Wildman–Crippen MR) is 124 cm³/mol. The number of phenols is 1. The highest BCUT2D eigenvalue weighted by atomic mass is 16.5. The average molecular weight is 477 g/mol. The Balaban J connectivity index is 1.45. The first-order valence-corrected chi connectivity index (χ1v) is 12.4. The first-order valence-electron chi connectivity index (χ1n) is 12.4. The lowest BCUT2D eigenvalue weighted by atomic mass is 9.56. The number of phenolic OH excluding ortho intramolecular Hbond substituents is 1. The molecule has 1 N–H and O–H groups in total. The second kappa shape index (κ2) is 7.80. The van der Waals surface area contributed by atoms with E-state index in [1.165, 1.54) is 9.80 Å². The zero-order chi connectivity index (χ0) is 24.6. The number of fused-ring (bicyclic) bond motifs is 5. The van der Waals surface area contributed by atoms with Gasteiger partial charge in [-0.2, -0.15) is 0 Å². The van der Waals surface area contributed by atoms with E-state index in [2.05, 4.69) is 0 Å². The number of carbonyl (C=O) groups is 4. The maximum Gasteiger partial charge on any atom is 0.234 e. The highest BCUT2D eigenvalue weighted by molar-refractivity contribution is 6.07. The number of imide groups is 2. The smallest absolute Gasteiger partial charge is 0.234 e. The van der Waals surface area contributed by atoms with Gasteiger partial charge in [-0.25, -0.2) is 0 Å². The molecule has 1 aromatic rings. The van der Waals surface area contributed by atoms with E-state index in [1.54, 1.807) is 38.3 Å². The lowest BCUT2D eigenvalue weighted by Gasteiger charge is -2.45. The zero-order valence-corrected chi connectivity index (χ0v) is 19.8. The van der Waals surface area contributed by atoms with Gasteiger partial charge < -0.3 is 9.84 Å². The number of amides is 4. The van der Waals surface area contributed by atoms with Gasteiger partial charge in [0.05, 0.1) is 29.9 Å². The number of nitrogens with zero attached hydrogens (tertiary/aromatic N) is 2. The Kier molecular flexibility index (Phi) is 4.92. The van der Waals surface area contributed by atoms with Crippen molar-refractivity contribution >= 4 is 23.6 Å². The van der Waals surface area contributed by atoms with E-state index in [-0.39, 0.29) is 41.2 Å². The molecule has 2 aliphatic carbocycles. The van der Waals surface area contributed by atoms with Gasteiger partial charge in [0.15, 0.2) is 0 Å². The molecule has 3 heterocycles. The summed E-state index contributed by atoms with van der Waals surface area (Å²) in [5, 5.41) is 10.0. The quantitative estimate of drug-likeness (QED) is 0.531. The van der Waals surface area contributed by atoms with Crippen LogP contribution in [0, 0.1) is 35.5 Å². The van der Waals surface area contributed by atoms with E-state index in [0.717, 1.165) is 16.7 Å². The highest BCUT2D eigenvalue weighted by Crippen LogP contribution is 2.57. The summed E-state index contributed by atoms with van der Waals surface area (Å²) in [7, 11) is 0. The van der Waals surface area contributed by atoms with Crippen molar-refractivity contribution in [1.82, 2.24) is 9.80 Å². The Morgan fingerprint density at radius 2 is 1.60 bits per heavy atom. The molecular weight excluding hydrogens is 448 g/mol. The molecule has 8 nitrogen and oxygen atoms in total. The van der Waals surface area contributed by atoms with Crippen LogP contribution < -0.4 is 4.74 Å². The lowest BCUT2D eigenvalue weighted by Crippen LogP contribution is -2.45. The molecule has 8 heteroatoms. The Bertz CT molecular complexity index is 1230. The van der Waals surface area contributed by atoms with Crippen molar-refractivity contribution in [3.05, 3.63) is 47.2 Å². The van der Waals surface area contributed by atoms with E-state index < -0.39 is 23.7 Å². The molecule has 5 aliphatic rings. The van der Waals surface area contributed by atoms with Crippen LogP contribution in [0.1, 0.15) is 32.3 Å². The van der Waals surface area contributed by atoms with Gasteiger partial charge >= 0.3 is 0 Å². The molecule has 0 aromatic heterocycles. The SMILES string of the molecule is CCN1C(=O)[C@H]2[C@H](CC=C3[C@H](C4=COc5ccc(O)cc5C4)[C@@H]4C(=O)N(CC)C(=O)[C@@H]4C[C@H]32)C1=O. The van der Waals surface area contributed by atoms with Crippen LogP contribution in [0.5, 0.6) is 11.5 Å². The predicted octanol–water partition coefficient (Wildman–Crippen LogP) is 2.42. The topological polar surface area (TPSA) is 104 Å². The Hall–Kier alpha value is -3.42.